The van der Waals surface area contributed by atoms with Crippen LogP contribution in [0, 0.1) is 0 Å². The predicted molar refractivity (Wildman–Crippen MR) is 105 cm³/mol. The summed E-state index contributed by atoms with van der Waals surface area (Å²) in [6.45, 7) is 5.00. The molecule has 0 radical (unpaired) electrons. The quantitative estimate of drug-likeness (QED) is 0.803. The molecule has 2 aromatic rings. The first-order valence-corrected chi connectivity index (χ1v) is 10.00. The molecule has 1 saturated heterocycles. The van der Waals surface area contributed by atoms with Crippen LogP contribution in [0.1, 0.15) is 48.8 Å². The van der Waals surface area contributed by atoms with Gasteiger partial charge in [0.05, 0.1) is 7.11 Å². The number of benzene rings is 2. The van der Waals surface area contributed by atoms with Crippen LogP contribution in [0.3, 0.4) is 0 Å². The number of ether oxygens (including phenoxy) is 3. The minimum atomic E-state index is 0.0716. The summed E-state index contributed by atoms with van der Waals surface area (Å²) in [7, 11) is 1.74. The van der Waals surface area contributed by atoms with E-state index in [1.54, 1.807) is 7.11 Å². The van der Waals surface area contributed by atoms with Gasteiger partial charge in [0.25, 0.3) is 0 Å². The summed E-state index contributed by atoms with van der Waals surface area (Å²) < 4.78 is 16.8. The van der Waals surface area contributed by atoms with Crippen LogP contribution in [0.5, 0.6) is 17.2 Å². The van der Waals surface area contributed by atoms with Gasteiger partial charge in [-0.3, -0.25) is 4.90 Å². The number of nitrogens with zero attached hydrogens (tertiary/aromatic N) is 1. The Morgan fingerprint density at radius 1 is 1.19 bits per heavy atom. The molecule has 2 atom stereocenters. The predicted octanol–water partition coefficient (Wildman–Crippen LogP) is 4.46. The van der Waals surface area contributed by atoms with Gasteiger partial charge < -0.3 is 14.2 Å². The van der Waals surface area contributed by atoms with Crippen LogP contribution in [0.2, 0.25) is 0 Å². The molecule has 5 rings (SSSR count). The van der Waals surface area contributed by atoms with Crippen molar-refractivity contribution in [3.63, 3.8) is 0 Å². The molecule has 142 valence electrons. The third-order valence-corrected chi connectivity index (χ3v) is 6.76. The van der Waals surface area contributed by atoms with Gasteiger partial charge in [0, 0.05) is 17.6 Å². The van der Waals surface area contributed by atoms with Crippen LogP contribution < -0.4 is 14.2 Å². The first kappa shape index (κ1) is 16.9. The first-order valence-electron chi connectivity index (χ1n) is 10.00. The molecule has 0 spiro atoms. The van der Waals surface area contributed by atoms with Gasteiger partial charge in [-0.1, -0.05) is 18.2 Å². The Labute approximate surface area is 161 Å². The first-order chi connectivity index (χ1) is 13.2. The van der Waals surface area contributed by atoms with E-state index in [0.29, 0.717) is 12.7 Å². The number of rotatable bonds is 3. The molecule has 3 aliphatic rings. The normalized spacial score (nSPS) is 26.8. The molecule has 2 heterocycles. The highest BCUT2D eigenvalue weighted by atomic mass is 16.7. The van der Waals surface area contributed by atoms with Crippen LogP contribution in [-0.2, 0) is 12.0 Å². The highest BCUT2D eigenvalue weighted by Gasteiger charge is 2.42. The van der Waals surface area contributed by atoms with Crippen LogP contribution in [0.25, 0.3) is 0 Å². The molecule has 1 aliphatic carbocycles. The van der Waals surface area contributed by atoms with E-state index in [1.807, 2.05) is 6.07 Å². The lowest BCUT2D eigenvalue weighted by molar-refractivity contribution is 0.110. The van der Waals surface area contributed by atoms with E-state index in [-0.39, 0.29) is 5.54 Å². The van der Waals surface area contributed by atoms with Crippen molar-refractivity contribution < 1.29 is 14.2 Å². The molecular weight excluding hydrogens is 338 g/mol. The topological polar surface area (TPSA) is 30.9 Å². The maximum absolute atomic E-state index is 5.81. The Hall–Kier alpha value is -2.20. The number of likely N-dealkylation sites (tertiary alicyclic amines) is 1. The SMILES string of the molecule is COc1cccc(C2CCN(C3(C)CCCc4c3ccc3c4OCO3)C2)c1. The minimum Gasteiger partial charge on any atom is -0.497 e. The van der Waals surface area contributed by atoms with Gasteiger partial charge in [0.15, 0.2) is 11.5 Å². The lowest BCUT2D eigenvalue weighted by Gasteiger charge is -2.43. The highest BCUT2D eigenvalue weighted by molar-refractivity contribution is 5.55. The number of fused-ring (bicyclic) bond motifs is 3. The van der Waals surface area contributed by atoms with Crippen molar-refractivity contribution in [2.75, 3.05) is 27.0 Å². The Kier molecular flexibility index (Phi) is 4.05. The summed E-state index contributed by atoms with van der Waals surface area (Å²) >= 11 is 0. The van der Waals surface area contributed by atoms with Crippen LogP contribution in [0.15, 0.2) is 36.4 Å². The maximum atomic E-state index is 5.81. The summed E-state index contributed by atoms with van der Waals surface area (Å²) in [5, 5.41) is 0. The second kappa shape index (κ2) is 6.45. The molecule has 2 unspecified atom stereocenters. The fourth-order valence-electron chi connectivity index (χ4n) is 5.23. The molecule has 1 fully saturated rings. The van der Waals surface area contributed by atoms with Crippen LogP contribution in [0.4, 0.5) is 0 Å². The summed E-state index contributed by atoms with van der Waals surface area (Å²) in [4.78, 5) is 2.69. The van der Waals surface area contributed by atoms with Gasteiger partial charge in [0.1, 0.15) is 5.75 Å². The third-order valence-electron chi connectivity index (χ3n) is 6.76. The van der Waals surface area contributed by atoms with Gasteiger partial charge in [0.2, 0.25) is 6.79 Å². The van der Waals surface area contributed by atoms with Crippen molar-refractivity contribution in [1.29, 1.82) is 0 Å². The van der Waals surface area contributed by atoms with Gasteiger partial charge in [-0.05, 0) is 74.4 Å². The molecule has 0 bridgehead atoms. The standard InChI is InChI=1S/C23H27NO3/c1-23(11-4-7-19-20(23)8-9-21-22(19)27-15-26-21)24-12-10-17(14-24)16-5-3-6-18(13-16)25-2/h3,5-6,8-9,13,17H,4,7,10-12,14-15H2,1-2H3. The van der Waals surface area contributed by atoms with Gasteiger partial charge >= 0.3 is 0 Å². The average molecular weight is 365 g/mol. The molecule has 2 aliphatic heterocycles. The molecule has 0 N–H and O–H groups in total. The average Bonchev–Trinajstić information content (AvgIpc) is 3.38. The zero-order valence-electron chi connectivity index (χ0n) is 16.2. The number of hydrogen-bond acceptors (Lipinski definition) is 4. The Bertz CT molecular complexity index is 865. The molecular formula is C23H27NO3. The number of methoxy groups -OCH3 is 1. The minimum absolute atomic E-state index is 0.0716. The highest BCUT2D eigenvalue weighted by Crippen LogP contribution is 2.49. The monoisotopic (exact) mass is 365 g/mol. The van der Waals surface area contributed by atoms with E-state index in [0.717, 1.165) is 36.8 Å². The van der Waals surface area contributed by atoms with E-state index in [2.05, 4.69) is 42.2 Å². The third kappa shape index (κ3) is 2.69. The second-order valence-electron chi connectivity index (χ2n) is 8.16. The molecule has 27 heavy (non-hydrogen) atoms. The molecule has 0 saturated carbocycles. The second-order valence-corrected chi connectivity index (χ2v) is 8.16. The van der Waals surface area contributed by atoms with Gasteiger partial charge in [-0.15, -0.1) is 0 Å². The number of hydrogen-bond donors (Lipinski definition) is 0. The largest absolute Gasteiger partial charge is 0.497 e. The van der Waals surface area contributed by atoms with Crippen molar-refractivity contribution in [3.8, 4) is 17.2 Å². The van der Waals surface area contributed by atoms with Crippen molar-refractivity contribution in [3.05, 3.63) is 53.1 Å². The molecule has 2 aromatic carbocycles. The van der Waals surface area contributed by atoms with Gasteiger partial charge in [-0.2, -0.15) is 0 Å². The van der Waals surface area contributed by atoms with Crippen molar-refractivity contribution in [2.45, 2.75) is 44.1 Å². The Morgan fingerprint density at radius 2 is 2.11 bits per heavy atom. The van der Waals surface area contributed by atoms with E-state index in [1.165, 1.54) is 36.0 Å². The smallest absolute Gasteiger partial charge is 0.231 e. The molecule has 0 aromatic heterocycles. The fraction of sp³-hybridized carbons (Fsp3) is 0.478. The summed E-state index contributed by atoms with van der Waals surface area (Å²) in [5.41, 5.74) is 4.26. The molecule has 4 heteroatoms. The van der Waals surface area contributed by atoms with Crippen molar-refractivity contribution in [2.24, 2.45) is 0 Å². The summed E-state index contributed by atoms with van der Waals surface area (Å²) in [5.74, 6) is 3.42. The van der Waals surface area contributed by atoms with Crippen molar-refractivity contribution >= 4 is 0 Å². The van der Waals surface area contributed by atoms with Gasteiger partial charge in [-0.25, -0.2) is 0 Å². The van der Waals surface area contributed by atoms with Crippen LogP contribution in [-0.4, -0.2) is 31.9 Å². The van der Waals surface area contributed by atoms with E-state index in [4.69, 9.17) is 14.2 Å². The summed E-state index contributed by atoms with van der Waals surface area (Å²) in [6.07, 6.45) is 4.68. The van der Waals surface area contributed by atoms with Crippen molar-refractivity contribution in [1.82, 2.24) is 4.90 Å². The zero-order valence-corrected chi connectivity index (χ0v) is 16.2. The molecule has 4 nitrogen and oxygen atoms in total. The summed E-state index contributed by atoms with van der Waals surface area (Å²) in [6, 6.07) is 12.9. The zero-order chi connectivity index (χ0) is 18.4. The van der Waals surface area contributed by atoms with E-state index >= 15 is 0 Å². The van der Waals surface area contributed by atoms with E-state index in [9.17, 15) is 0 Å². The maximum Gasteiger partial charge on any atom is 0.231 e. The van der Waals surface area contributed by atoms with Crippen LogP contribution >= 0.6 is 0 Å². The Morgan fingerprint density at radius 3 is 3.00 bits per heavy atom. The lowest BCUT2D eigenvalue weighted by atomic mass is 9.76. The Balaban J connectivity index is 1.44. The molecule has 0 amide bonds. The van der Waals surface area contributed by atoms with E-state index < -0.39 is 0 Å². The lowest BCUT2D eigenvalue weighted by Crippen LogP contribution is -2.44. The fourth-order valence-corrected chi connectivity index (χ4v) is 5.23.